The third-order valence-corrected chi connectivity index (χ3v) is 3.21. The summed E-state index contributed by atoms with van der Waals surface area (Å²) < 4.78 is 5.19. The Morgan fingerprint density at radius 1 is 0.947 bits per heavy atom. The number of hydrogen-bond acceptors (Lipinski definition) is 2. The molecule has 0 N–H and O–H groups in total. The monoisotopic (exact) mass is 266 g/mol. The van der Waals surface area contributed by atoms with Crippen LogP contribution in [0.25, 0.3) is 0 Å². The van der Waals surface area contributed by atoms with Gasteiger partial charge in [-0.25, -0.2) is 0 Å². The predicted molar refractivity (Wildman–Crippen MR) is 80.9 cm³/mol. The van der Waals surface area contributed by atoms with Crippen LogP contribution in [0.2, 0.25) is 0 Å². The fraction of sp³-hybridized carbons (Fsp3) is 0.824. The van der Waals surface area contributed by atoms with Crippen molar-refractivity contribution in [1.82, 2.24) is 0 Å². The molecule has 0 bridgehead atoms. The molecule has 2 nitrogen and oxygen atoms in total. The Bertz CT molecular complexity index is 240. The number of carbonyl (C=O) groups is 1. The van der Waals surface area contributed by atoms with Gasteiger partial charge < -0.3 is 4.74 Å². The molecular formula is C17H30O2. The van der Waals surface area contributed by atoms with Gasteiger partial charge in [0.2, 0.25) is 0 Å². The van der Waals surface area contributed by atoms with Crippen molar-refractivity contribution in [3.63, 3.8) is 0 Å². The summed E-state index contributed by atoms with van der Waals surface area (Å²) in [7, 11) is 0. The maximum Gasteiger partial charge on any atom is 0.305 e. The standard InChI is InChI=1S/C17H30O2/c1-3-5-7-9-10-11-12-13-15-17(18)19-16-14-8-6-4-2/h1H,4-16H2,2H3. The smallest absolute Gasteiger partial charge is 0.305 e. The average Bonchev–Trinajstić information content (AvgIpc) is 2.41. The normalized spacial score (nSPS) is 10.1. The zero-order chi connectivity index (χ0) is 14.2. The lowest BCUT2D eigenvalue weighted by atomic mass is 10.1. The second-order valence-corrected chi connectivity index (χ2v) is 5.11. The van der Waals surface area contributed by atoms with E-state index in [0.717, 1.165) is 32.1 Å². The Hall–Kier alpha value is -0.970. The highest BCUT2D eigenvalue weighted by Gasteiger charge is 2.02. The van der Waals surface area contributed by atoms with E-state index in [1.54, 1.807) is 0 Å². The number of rotatable bonds is 13. The fourth-order valence-electron chi connectivity index (χ4n) is 1.99. The van der Waals surface area contributed by atoms with Crippen molar-refractivity contribution in [3.05, 3.63) is 0 Å². The SMILES string of the molecule is C#CCCCCCCCCC(=O)OCCCCCC. The van der Waals surface area contributed by atoms with Crippen LogP contribution < -0.4 is 0 Å². The molecule has 110 valence electrons. The van der Waals surface area contributed by atoms with Gasteiger partial charge in [0.05, 0.1) is 6.61 Å². The van der Waals surface area contributed by atoms with E-state index in [2.05, 4.69) is 12.8 Å². The summed E-state index contributed by atoms with van der Waals surface area (Å²) >= 11 is 0. The van der Waals surface area contributed by atoms with E-state index >= 15 is 0 Å². The second kappa shape index (κ2) is 15.1. The number of terminal acetylenes is 1. The van der Waals surface area contributed by atoms with Gasteiger partial charge in [-0.3, -0.25) is 4.79 Å². The molecule has 0 fully saturated rings. The summed E-state index contributed by atoms with van der Waals surface area (Å²) in [6.07, 6.45) is 18.2. The third-order valence-electron chi connectivity index (χ3n) is 3.21. The van der Waals surface area contributed by atoms with Crippen LogP contribution in [0.1, 0.15) is 84.0 Å². The van der Waals surface area contributed by atoms with Crippen molar-refractivity contribution < 1.29 is 9.53 Å². The van der Waals surface area contributed by atoms with Crippen molar-refractivity contribution >= 4 is 5.97 Å². The molecule has 0 atom stereocenters. The molecule has 0 aliphatic carbocycles. The lowest BCUT2D eigenvalue weighted by Gasteiger charge is -2.04. The van der Waals surface area contributed by atoms with Crippen molar-refractivity contribution in [2.24, 2.45) is 0 Å². The Morgan fingerprint density at radius 3 is 2.26 bits per heavy atom. The number of ether oxygens (including phenoxy) is 1. The minimum Gasteiger partial charge on any atom is -0.466 e. The first-order valence-electron chi connectivity index (χ1n) is 7.90. The molecule has 0 saturated carbocycles. The van der Waals surface area contributed by atoms with Crippen LogP contribution >= 0.6 is 0 Å². The van der Waals surface area contributed by atoms with Gasteiger partial charge in [-0.15, -0.1) is 12.3 Å². The number of hydrogen-bond donors (Lipinski definition) is 0. The largest absolute Gasteiger partial charge is 0.466 e. The van der Waals surface area contributed by atoms with E-state index in [9.17, 15) is 4.79 Å². The molecule has 0 radical (unpaired) electrons. The molecule has 0 aliphatic rings. The van der Waals surface area contributed by atoms with E-state index in [1.165, 1.54) is 38.5 Å². The van der Waals surface area contributed by atoms with Gasteiger partial charge in [-0.05, 0) is 19.3 Å². The first-order valence-corrected chi connectivity index (χ1v) is 7.90. The molecule has 0 amide bonds. The first kappa shape index (κ1) is 18.0. The van der Waals surface area contributed by atoms with E-state index in [0.29, 0.717) is 13.0 Å². The highest BCUT2D eigenvalue weighted by Crippen LogP contribution is 2.09. The van der Waals surface area contributed by atoms with Crippen molar-refractivity contribution in [2.45, 2.75) is 84.0 Å². The van der Waals surface area contributed by atoms with Crippen LogP contribution in [0.4, 0.5) is 0 Å². The molecule has 0 saturated heterocycles. The van der Waals surface area contributed by atoms with Gasteiger partial charge >= 0.3 is 5.97 Å². The van der Waals surface area contributed by atoms with Crippen LogP contribution in [0.5, 0.6) is 0 Å². The lowest BCUT2D eigenvalue weighted by Crippen LogP contribution is -2.05. The van der Waals surface area contributed by atoms with Gasteiger partial charge in [0.25, 0.3) is 0 Å². The van der Waals surface area contributed by atoms with E-state index in [4.69, 9.17) is 11.2 Å². The van der Waals surface area contributed by atoms with Gasteiger partial charge in [0.15, 0.2) is 0 Å². The van der Waals surface area contributed by atoms with Crippen molar-refractivity contribution in [2.75, 3.05) is 6.61 Å². The van der Waals surface area contributed by atoms with Crippen LogP contribution in [0, 0.1) is 12.3 Å². The summed E-state index contributed by atoms with van der Waals surface area (Å²) in [6.45, 7) is 2.78. The first-order chi connectivity index (χ1) is 9.31. The Labute approximate surface area is 119 Å². The summed E-state index contributed by atoms with van der Waals surface area (Å²) in [6, 6.07) is 0. The van der Waals surface area contributed by atoms with Crippen LogP contribution in [0.3, 0.4) is 0 Å². The molecule has 0 aromatic carbocycles. The maximum atomic E-state index is 11.4. The highest BCUT2D eigenvalue weighted by molar-refractivity contribution is 5.69. The van der Waals surface area contributed by atoms with Gasteiger partial charge in [-0.2, -0.15) is 0 Å². The minimum atomic E-state index is -0.0242. The molecule has 0 unspecified atom stereocenters. The highest BCUT2D eigenvalue weighted by atomic mass is 16.5. The summed E-state index contributed by atoms with van der Waals surface area (Å²) in [5, 5.41) is 0. The van der Waals surface area contributed by atoms with Gasteiger partial charge in [0.1, 0.15) is 0 Å². The Morgan fingerprint density at radius 2 is 1.58 bits per heavy atom. The van der Waals surface area contributed by atoms with E-state index < -0.39 is 0 Å². The Balaban J connectivity index is 3.14. The molecule has 0 aromatic heterocycles. The van der Waals surface area contributed by atoms with Gasteiger partial charge in [0, 0.05) is 12.8 Å². The summed E-state index contributed by atoms with van der Waals surface area (Å²) in [5.41, 5.74) is 0. The molecule has 0 spiro atoms. The van der Waals surface area contributed by atoms with Crippen LogP contribution in [-0.2, 0) is 9.53 Å². The fourth-order valence-corrected chi connectivity index (χ4v) is 1.99. The molecule has 0 aliphatic heterocycles. The molecule has 0 heterocycles. The second-order valence-electron chi connectivity index (χ2n) is 5.11. The number of esters is 1. The average molecular weight is 266 g/mol. The van der Waals surface area contributed by atoms with E-state index in [1.807, 2.05) is 0 Å². The van der Waals surface area contributed by atoms with Gasteiger partial charge in [-0.1, -0.05) is 51.9 Å². The van der Waals surface area contributed by atoms with Crippen molar-refractivity contribution in [3.8, 4) is 12.3 Å². The van der Waals surface area contributed by atoms with Crippen LogP contribution in [-0.4, -0.2) is 12.6 Å². The van der Waals surface area contributed by atoms with E-state index in [-0.39, 0.29) is 5.97 Å². The van der Waals surface area contributed by atoms with Crippen molar-refractivity contribution in [1.29, 1.82) is 0 Å². The number of unbranched alkanes of at least 4 members (excludes halogenated alkanes) is 9. The summed E-state index contributed by atoms with van der Waals surface area (Å²) in [4.78, 5) is 11.4. The molecular weight excluding hydrogens is 236 g/mol. The topological polar surface area (TPSA) is 26.3 Å². The third kappa shape index (κ3) is 15.0. The zero-order valence-corrected chi connectivity index (χ0v) is 12.6. The molecule has 19 heavy (non-hydrogen) atoms. The molecule has 0 rings (SSSR count). The predicted octanol–water partition coefficient (Wildman–Crippen LogP) is 4.86. The zero-order valence-electron chi connectivity index (χ0n) is 12.6. The minimum absolute atomic E-state index is 0.0242. The Kier molecular flexibility index (Phi) is 14.3. The molecule has 0 aromatic rings. The van der Waals surface area contributed by atoms with Crippen LogP contribution in [0.15, 0.2) is 0 Å². The quantitative estimate of drug-likeness (QED) is 0.270. The lowest BCUT2D eigenvalue weighted by molar-refractivity contribution is -0.143. The maximum absolute atomic E-state index is 11.4. The summed E-state index contributed by atoms with van der Waals surface area (Å²) in [5.74, 6) is 2.63. The molecule has 2 heteroatoms. The number of carbonyl (C=O) groups excluding carboxylic acids is 1.